The predicted molar refractivity (Wildman–Crippen MR) is 141 cm³/mol. The topological polar surface area (TPSA) is 54.5 Å². The number of rotatable bonds is 3. The van der Waals surface area contributed by atoms with Crippen molar-refractivity contribution in [3.8, 4) is 0 Å². The number of Topliss-reactive ketones (excluding diaryl/α,β-unsaturated/α-hetero) is 3. The second-order valence-corrected chi connectivity index (χ2v) is 10.5. The first-order valence-corrected chi connectivity index (χ1v) is 12.9. The molecule has 2 aliphatic heterocycles. The summed E-state index contributed by atoms with van der Waals surface area (Å²) < 4.78 is 0. The number of thiophene rings is 1. The molecule has 3 heterocycles. The molecule has 36 heavy (non-hydrogen) atoms. The Morgan fingerprint density at radius 2 is 1.44 bits per heavy atom. The first-order chi connectivity index (χ1) is 17.6. The number of nitrogens with zero attached hydrogens (tertiary/aromatic N) is 1. The largest absolute Gasteiger partial charge is 0.352 e. The van der Waals surface area contributed by atoms with Gasteiger partial charge in [-0.2, -0.15) is 0 Å². The van der Waals surface area contributed by atoms with E-state index in [0.717, 1.165) is 16.8 Å². The molecular formula is C31H21NO3S. The van der Waals surface area contributed by atoms with Gasteiger partial charge < -0.3 is 4.90 Å². The van der Waals surface area contributed by atoms with Gasteiger partial charge in [-0.05, 0) is 28.6 Å². The molecule has 3 aliphatic rings. The van der Waals surface area contributed by atoms with Crippen molar-refractivity contribution in [2.75, 3.05) is 4.90 Å². The van der Waals surface area contributed by atoms with Crippen LogP contribution in [-0.4, -0.2) is 29.4 Å². The van der Waals surface area contributed by atoms with E-state index in [1.807, 2.05) is 84.3 Å². The van der Waals surface area contributed by atoms with Crippen molar-refractivity contribution < 1.29 is 14.4 Å². The molecule has 5 heteroatoms. The predicted octanol–water partition coefficient (Wildman–Crippen LogP) is 6.06. The molecule has 4 aromatic rings. The van der Waals surface area contributed by atoms with Crippen molar-refractivity contribution >= 4 is 40.4 Å². The highest BCUT2D eigenvalue weighted by molar-refractivity contribution is 7.12. The maximum Gasteiger partial charge on any atom is 0.195 e. The quantitative estimate of drug-likeness (QED) is 0.260. The molecule has 0 unspecified atom stereocenters. The average Bonchev–Trinajstić information content (AvgIpc) is 3.63. The van der Waals surface area contributed by atoms with Gasteiger partial charge in [0.2, 0.25) is 0 Å². The summed E-state index contributed by atoms with van der Waals surface area (Å²) in [5.74, 6) is -1.11. The van der Waals surface area contributed by atoms with Crippen molar-refractivity contribution in [1.82, 2.24) is 0 Å². The number of carbonyl (C=O) groups is 3. The highest BCUT2D eigenvalue weighted by Crippen LogP contribution is 2.60. The van der Waals surface area contributed by atoms with Crippen LogP contribution in [0.4, 0.5) is 5.69 Å². The van der Waals surface area contributed by atoms with Crippen LogP contribution in [0.1, 0.15) is 47.4 Å². The van der Waals surface area contributed by atoms with Crippen molar-refractivity contribution in [2.24, 2.45) is 5.41 Å². The summed E-state index contributed by atoms with van der Waals surface area (Å²) in [6.45, 7) is 0. The Hall–Kier alpha value is -4.09. The third kappa shape index (κ3) is 2.61. The second-order valence-electron chi connectivity index (χ2n) is 9.52. The summed E-state index contributed by atoms with van der Waals surface area (Å²) in [4.78, 5) is 45.9. The average molecular weight is 488 g/mol. The minimum Gasteiger partial charge on any atom is -0.352 e. The molecule has 0 saturated carbocycles. The molecule has 1 saturated heterocycles. The summed E-state index contributed by atoms with van der Waals surface area (Å²) in [5.41, 5.74) is 2.11. The van der Waals surface area contributed by atoms with Crippen molar-refractivity contribution in [3.63, 3.8) is 0 Å². The maximum atomic E-state index is 14.4. The van der Waals surface area contributed by atoms with Gasteiger partial charge in [0.05, 0.1) is 10.9 Å². The van der Waals surface area contributed by atoms with Gasteiger partial charge in [-0.15, -0.1) is 11.3 Å². The maximum absolute atomic E-state index is 14.4. The molecule has 174 valence electrons. The van der Waals surface area contributed by atoms with Crippen LogP contribution in [0.2, 0.25) is 0 Å². The van der Waals surface area contributed by atoms with E-state index in [-0.39, 0.29) is 17.3 Å². The fourth-order valence-electron chi connectivity index (χ4n) is 6.52. The van der Waals surface area contributed by atoms with E-state index < -0.39 is 23.4 Å². The third-order valence-corrected chi connectivity index (χ3v) is 8.79. The molecule has 3 atom stereocenters. The number of hydrogen-bond donors (Lipinski definition) is 0. The minimum absolute atomic E-state index is 0.0672. The molecule has 0 amide bonds. The molecule has 0 bridgehead atoms. The summed E-state index contributed by atoms with van der Waals surface area (Å²) in [6, 6.07) is 27.0. The van der Waals surface area contributed by atoms with Gasteiger partial charge in [0.15, 0.2) is 17.3 Å². The van der Waals surface area contributed by atoms with E-state index in [0.29, 0.717) is 16.0 Å². The van der Waals surface area contributed by atoms with E-state index >= 15 is 0 Å². The van der Waals surface area contributed by atoms with Crippen LogP contribution in [-0.2, 0) is 0 Å². The molecule has 4 nitrogen and oxygen atoms in total. The van der Waals surface area contributed by atoms with E-state index in [4.69, 9.17) is 0 Å². The zero-order chi connectivity index (χ0) is 24.4. The van der Waals surface area contributed by atoms with Gasteiger partial charge in [-0.1, -0.05) is 91.0 Å². The monoisotopic (exact) mass is 487 g/mol. The Labute approximate surface area is 212 Å². The van der Waals surface area contributed by atoms with Crippen LogP contribution in [0, 0.1) is 5.41 Å². The van der Waals surface area contributed by atoms with Gasteiger partial charge in [0.1, 0.15) is 11.5 Å². The van der Waals surface area contributed by atoms with Crippen LogP contribution >= 0.6 is 11.3 Å². The first-order valence-electron chi connectivity index (χ1n) is 12.0. The highest BCUT2D eigenvalue weighted by atomic mass is 32.1. The Bertz CT molecular complexity index is 1540. The van der Waals surface area contributed by atoms with Crippen LogP contribution in [0.25, 0.3) is 6.08 Å². The molecule has 1 spiro atoms. The fourth-order valence-corrected chi connectivity index (χ4v) is 7.21. The number of carbonyl (C=O) groups excluding carboxylic acids is 3. The van der Waals surface area contributed by atoms with E-state index in [1.165, 1.54) is 11.3 Å². The Morgan fingerprint density at radius 1 is 0.778 bits per heavy atom. The lowest BCUT2D eigenvalue weighted by Gasteiger charge is -2.37. The van der Waals surface area contributed by atoms with E-state index in [9.17, 15) is 14.4 Å². The summed E-state index contributed by atoms with van der Waals surface area (Å²) in [5, 5.41) is 1.89. The molecule has 3 aromatic carbocycles. The Kier molecular flexibility index (Phi) is 4.54. The molecule has 0 radical (unpaired) electrons. The zero-order valence-electron chi connectivity index (χ0n) is 19.2. The third-order valence-electron chi connectivity index (χ3n) is 7.90. The van der Waals surface area contributed by atoms with E-state index in [2.05, 4.69) is 4.90 Å². The normalized spacial score (nSPS) is 23.0. The second kappa shape index (κ2) is 7.70. The van der Waals surface area contributed by atoms with Crippen LogP contribution in [0.15, 0.2) is 102 Å². The zero-order valence-corrected chi connectivity index (χ0v) is 20.0. The summed E-state index contributed by atoms with van der Waals surface area (Å²) in [6.07, 6.45) is 3.95. The lowest BCUT2D eigenvalue weighted by Crippen LogP contribution is -2.48. The minimum atomic E-state index is -1.44. The standard InChI is InChI=1S/C31H21NO3S/c33-28(24-15-8-18-36-24)27-26(20-10-2-1-3-11-20)31(29(34)21-12-5-6-13-22(21)30(31)35)25-17-16-19-9-4-7-14-23(19)32(25)27/h1-18,25-27H/t25-,26+,27-/m0/s1. The van der Waals surface area contributed by atoms with Crippen molar-refractivity contribution in [3.05, 3.63) is 130 Å². The smallest absolute Gasteiger partial charge is 0.195 e. The summed E-state index contributed by atoms with van der Waals surface area (Å²) in [7, 11) is 0. The van der Waals surface area contributed by atoms with Crippen LogP contribution < -0.4 is 4.90 Å². The van der Waals surface area contributed by atoms with Crippen LogP contribution in [0.3, 0.4) is 0 Å². The molecular weight excluding hydrogens is 466 g/mol. The van der Waals surface area contributed by atoms with Gasteiger partial charge in [-0.3, -0.25) is 14.4 Å². The number of anilines is 1. The van der Waals surface area contributed by atoms with Gasteiger partial charge >= 0.3 is 0 Å². The Balaban J connectivity index is 1.56. The number of para-hydroxylation sites is 1. The van der Waals surface area contributed by atoms with Gasteiger partial charge in [-0.25, -0.2) is 0 Å². The first kappa shape index (κ1) is 21.2. The number of hydrogen-bond acceptors (Lipinski definition) is 5. The molecule has 0 N–H and O–H groups in total. The number of benzene rings is 3. The van der Waals surface area contributed by atoms with Gasteiger partial charge in [0, 0.05) is 22.7 Å². The fraction of sp³-hybridized carbons (Fsp3) is 0.129. The molecule has 1 fully saturated rings. The molecule has 7 rings (SSSR count). The SMILES string of the molecule is O=C(c1cccs1)[C@@H]1[C@@H](c2ccccc2)C2(C(=O)c3ccccc3C2=O)[C@@H]2C=Cc3ccccc3N12. The lowest BCUT2D eigenvalue weighted by atomic mass is 9.64. The van der Waals surface area contributed by atoms with Crippen molar-refractivity contribution in [1.29, 1.82) is 0 Å². The van der Waals surface area contributed by atoms with Crippen LogP contribution in [0.5, 0.6) is 0 Å². The molecule has 1 aromatic heterocycles. The molecule has 1 aliphatic carbocycles. The summed E-state index contributed by atoms with van der Waals surface area (Å²) >= 11 is 1.39. The van der Waals surface area contributed by atoms with Crippen molar-refractivity contribution in [2.45, 2.75) is 18.0 Å². The van der Waals surface area contributed by atoms with Gasteiger partial charge in [0.25, 0.3) is 0 Å². The highest BCUT2D eigenvalue weighted by Gasteiger charge is 2.71. The number of ketones is 3. The number of fused-ring (bicyclic) bond motifs is 5. The van der Waals surface area contributed by atoms with E-state index in [1.54, 1.807) is 24.3 Å². The lowest BCUT2D eigenvalue weighted by molar-refractivity contribution is 0.0666. The Morgan fingerprint density at radius 3 is 2.14 bits per heavy atom.